The zero-order chi connectivity index (χ0) is 24.0. The van der Waals surface area contributed by atoms with Gasteiger partial charge in [-0.2, -0.15) is 0 Å². The molecule has 0 aliphatic carbocycles. The molecule has 6 heteroatoms. The number of nitrogens with zero attached hydrogens (tertiary/aromatic N) is 2. The summed E-state index contributed by atoms with van der Waals surface area (Å²) >= 11 is 1.64. The van der Waals surface area contributed by atoms with Gasteiger partial charge < -0.3 is 15.1 Å². The molecule has 0 unspecified atom stereocenters. The van der Waals surface area contributed by atoms with Gasteiger partial charge in [-0.05, 0) is 60.2 Å². The highest BCUT2D eigenvalue weighted by Crippen LogP contribution is 2.39. The minimum absolute atomic E-state index is 0.0294. The predicted octanol–water partition coefficient (Wildman–Crippen LogP) is 5.38. The molecule has 1 atom stereocenters. The van der Waals surface area contributed by atoms with E-state index in [4.69, 9.17) is 0 Å². The Morgan fingerprint density at radius 2 is 1.57 bits per heavy atom. The fourth-order valence-corrected chi connectivity index (χ4v) is 5.93. The quantitative estimate of drug-likeness (QED) is 0.488. The molecule has 0 radical (unpaired) electrons. The molecule has 2 aliphatic rings. The maximum atomic E-state index is 12.7. The molecule has 2 aliphatic heterocycles. The molecule has 2 saturated heterocycles. The summed E-state index contributed by atoms with van der Waals surface area (Å²) in [5, 5.41) is 3.00. The maximum absolute atomic E-state index is 12.7. The zero-order valence-corrected chi connectivity index (χ0v) is 20.7. The Bertz CT molecular complexity index is 1140. The van der Waals surface area contributed by atoms with Crippen molar-refractivity contribution >= 4 is 29.3 Å². The van der Waals surface area contributed by atoms with Gasteiger partial charge in [-0.15, -0.1) is 11.8 Å². The Morgan fingerprint density at radius 1 is 0.857 bits per heavy atom. The molecular formula is C29H31N3O2S. The first-order valence-corrected chi connectivity index (χ1v) is 13.4. The molecule has 0 saturated carbocycles. The number of thioether (sulfide) groups is 1. The van der Waals surface area contributed by atoms with Crippen LogP contribution in [0.25, 0.3) is 0 Å². The Balaban J connectivity index is 1.17. The Morgan fingerprint density at radius 3 is 2.29 bits per heavy atom. The Labute approximate surface area is 211 Å². The van der Waals surface area contributed by atoms with Crippen LogP contribution in [-0.2, 0) is 17.9 Å². The first kappa shape index (κ1) is 23.5. The average Bonchev–Trinajstić information content (AvgIpc) is 3.28. The third-order valence-corrected chi connectivity index (χ3v) is 7.99. The number of carbonyl (C=O) groups is 2. The molecule has 180 valence electrons. The van der Waals surface area contributed by atoms with Gasteiger partial charge in [0.1, 0.15) is 5.37 Å². The Kier molecular flexibility index (Phi) is 7.38. The van der Waals surface area contributed by atoms with Crippen molar-refractivity contribution in [1.82, 2.24) is 10.2 Å². The molecule has 2 fully saturated rings. The van der Waals surface area contributed by atoms with E-state index in [1.807, 2.05) is 59.5 Å². The first-order chi connectivity index (χ1) is 17.2. The van der Waals surface area contributed by atoms with Crippen molar-refractivity contribution in [2.75, 3.05) is 23.7 Å². The van der Waals surface area contributed by atoms with E-state index in [1.165, 1.54) is 24.9 Å². The van der Waals surface area contributed by atoms with Gasteiger partial charge in [0.2, 0.25) is 5.91 Å². The van der Waals surface area contributed by atoms with Crippen molar-refractivity contribution < 1.29 is 9.59 Å². The number of nitrogens with one attached hydrogen (secondary N) is 1. The topological polar surface area (TPSA) is 52.7 Å². The molecule has 3 aromatic carbocycles. The van der Waals surface area contributed by atoms with Crippen molar-refractivity contribution in [3.8, 4) is 0 Å². The standard InChI is InChI=1S/C29H31N3O2S/c33-27-21-35-29(32(27)20-23-7-3-1-4-8-23)25-13-11-24(12-14-25)28(34)30-19-22-9-15-26(16-10-22)31-17-5-2-6-18-31/h1,3-4,7-16,29H,2,5-6,17-21H2,(H,30,34)/t29-/m1/s1. The molecule has 5 rings (SSSR count). The molecule has 2 heterocycles. The second-order valence-corrected chi connectivity index (χ2v) is 10.3. The summed E-state index contributed by atoms with van der Waals surface area (Å²) in [5.41, 5.74) is 5.14. The van der Waals surface area contributed by atoms with E-state index in [-0.39, 0.29) is 17.2 Å². The lowest BCUT2D eigenvalue weighted by molar-refractivity contribution is -0.128. The largest absolute Gasteiger partial charge is 0.372 e. The highest BCUT2D eigenvalue weighted by molar-refractivity contribution is 8.00. The number of hydrogen-bond acceptors (Lipinski definition) is 4. The third-order valence-electron chi connectivity index (χ3n) is 6.73. The van der Waals surface area contributed by atoms with E-state index in [9.17, 15) is 9.59 Å². The van der Waals surface area contributed by atoms with Gasteiger partial charge in [0.15, 0.2) is 0 Å². The average molecular weight is 486 g/mol. The van der Waals surface area contributed by atoms with Crippen LogP contribution in [-0.4, -0.2) is 35.6 Å². The van der Waals surface area contributed by atoms with Gasteiger partial charge >= 0.3 is 0 Å². The molecule has 0 aromatic heterocycles. The number of rotatable bonds is 7. The van der Waals surface area contributed by atoms with E-state index in [1.54, 1.807) is 11.8 Å². The van der Waals surface area contributed by atoms with E-state index in [0.717, 1.165) is 29.8 Å². The summed E-state index contributed by atoms with van der Waals surface area (Å²) in [4.78, 5) is 29.6. The van der Waals surface area contributed by atoms with Gasteiger partial charge in [-0.3, -0.25) is 9.59 Å². The monoisotopic (exact) mass is 485 g/mol. The van der Waals surface area contributed by atoms with Crippen LogP contribution in [0.15, 0.2) is 78.9 Å². The molecule has 3 aromatic rings. The van der Waals surface area contributed by atoms with Gasteiger partial charge in [0.25, 0.3) is 5.91 Å². The maximum Gasteiger partial charge on any atom is 0.251 e. The zero-order valence-electron chi connectivity index (χ0n) is 19.9. The third kappa shape index (κ3) is 5.70. The SMILES string of the molecule is O=C(NCc1ccc(N2CCCCC2)cc1)c1ccc([C@H]2SCC(=O)N2Cc2ccccc2)cc1. The van der Waals surface area contributed by atoms with Crippen molar-refractivity contribution in [3.05, 3.63) is 101 Å². The second-order valence-electron chi connectivity index (χ2n) is 9.19. The van der Waals surface area contributed by atoms with Crippen molar-refractivity contribution in [1.29, 1.82) is 0 Å². The molecule has 1 N–H and O–H groups in total. The number of amides is 2. The highest BCUT2D eigenvalue weighted by Gasteiger charge is 2.32. The van der Waals surface area contributed by atoms with Crippen LogP contribution >= 0.6 is 11.8 Å². The number of carbonyl (C=O) groups excluding carboxylic acids is 2. The molecule has 0 bridgehead atoms. The highest BCUT2D eigenvalue weighted by atomic mass is 32.2. The van der Waals surface area contributed by atoms with Crippen LogP contribution in [0.1, 0.15) is 51.7 Å². The summed E-state index contributed by atoms with van der Waals surface area (Å²) in [7, 11) is 0. The molecule has 35 heavy (non-hydrogen) atoms. The number of anilines is 1. The summed E-state index contributed by atoms with van der Waals surface area (Å²) in [6.45, 7) is 3.35. The van der Waals surface area contributed by atoms with Gasteiger partial charge in [0.05, 0.1) is 5.75 Å². The van der Waals surface area contributed by atoms with Gasteiger partial charge in [0, 0.05) is 37.4 Å². The molecule has 5 nitrogen and oxygen atoms in total. The van der Waals surface area contributed by atoms with E-state index < -0.39 is 0 Å². The van der Waals surface area contributed by atoms with Crippen molar-refractivity contribution in [2.24, 2.45) is 0 Å². The van der Waals surface area contributed by atoms with Crippen LogP contribution in [0.3, 0.4) is 0 Å². The van der Waals surface area contributed by atoms with E-state index in [0.29, 0.717) is 24.4 Å². The number of hydrogen-bond donors (Lipinski definition) is 1. The van der Waals surface area contributed by atoms with Crippen LogP contribution < -0.4 is 10.2 Å². The first-order valence-electron chi connectivity index (χ1n) is 12.3. The summed E-state index contributed by atoms with van der Waals surface area (Å²) in [6, 6.07) is 26.2. The minimum atomic E-state index is -0.0899. The molecule has 0 spiro atoms. The molecular weight excluding hydrogens is 454 g/mol. The minimum Gasteiger partial charge on any atom is -0.372 e. The summed E-state index contributed by atoms with van der Waals surface area (Å²) in [5.74, 6) is 0.543. The predicted molar refractivity (Wildman–Crippen MR) is 142 cm³/mol. The summed E-state index contributed by atoms with van der Waals surface area (Å²) < 4.78 is 0. The smallest absolute Gasteiger partial charge is 0.251 e. The fraction of sp³-hybridized carbons (Fsp3) is 0.310. The Hall–Kier alpha value is -3.25. The number of piperidine rings is 1. The van der Waals surface area contributed by atoms with E-state index in [2.05, 4.69) is 34.5 Å². The second kappa shape index (κ2) is 11.0. The molecule has 2 amide bonds. The van der Waals surface area contributed by atoms with Crippen LogP contribution in [0, 0.1) is 0 Å². The van der Waals surface area contributed by atoms with Crippen LogP contribution in [0.2, 0.25) is 0 Å². The van der Waals surface area contributed by atoms with Gasteiger partial charge in [-0.25, -0.2) is 0 Å². The van der Waals surface area contributed by atoms with Crippen LogP contribution in [0.5, 0.6) is 0 Å². The lowest BCUT2D eigenvalue weighted by atomic mass is 10.1. The number of benzene rings is 3. The fourth-order valence-electron chi connectivity index (χ4n) is 4.74. The van der Waals surface area contributed by atoms with Crippen molar-refractivity contribution in [3.63, 3.8) is 0 Å². The van der Waals surface area contributed by atoms with Crippen molar-refractivity contribution in [2.45, 2.75) is 37.7 Å². The normalized spacial score (nSPS) is 18.1. The summed E-state index contributed by atoms with van der Waals surface area (Å²) in [6.07, 6.45) is 3.85. The lowest BCUT2D eigenvalue weighted by Gasteiger charge is -2.28. The lowest BCUT2D eigenvalue weighted by Crippen LogP contribution is -2.29. The van der Waals surface area contributed by atoms with Gasteiger partial charge in [-0.1, -0.05) is 54.6 Å². The van der Waals surface area contributed by atoms with Crippen LogP contribution in [0.4, 0.5) is 5.69 Å². The van der Waals surface area contributed by atoms with E-state index >= 15 is 0 Å².